The molecule has 0 fully saturated rings. The van der Waals surface area contributed by atoms with Crippen molar-refractivity contribution in [1.29, 1.82) is 0 Å². The Balaban J connectivity index is 1.99. The summed E-state index contributed by atoms with van der Waals surface area (Å²) < 4.78 is 41.3. The van der Waals surface area contributed by atoms with Crippen LogP contribution in [0.5, 0.6) is 0 Å². The molecule has 0 aromatic carbocycles. The van der Waals surface area contributed by atoms with Crippen LogP contribution in [-0.4, -0.2) is 35.7 Å². The zero-order valence-corrected chi connectivity index (χ0v) is 9.46. The molecule has 0 saturated heterocycles. The van der Waals surface area contributed by atoms with E-state index in [4.69, 9.17) is 0 Å². The van der Waals surface area contributed by atoms with Crippen LogP contribution in [0.4, 0.5) is 13.2 Å². The maximum atomic E-state index is 12.4. The number of nitrogens with one attached hydrogen (secondary N) is 1. The van der Waals surface area contributed by atoms with Crippen molar-refractivity contribution in [3.05, 3.63) is 24.2 Å². The first-order valence-corrected chi connectivity index (χ1v) is 5.15. The smallest absolute Gasteiger partial charge is 0.329 e. The summed E-state index contributed by atoms with van der Waals surface area (Å²) in [6, 6.07) is 2.87. The standard InChI is InChI=1S/C9H4F3N7O/c10-9(11,12)8-14-6(17-20-8)4-1-2-13-5(3-4)7-15-18-19-16-7/h1-3H,(H,15,16,18,19). The quantitative estimate of drug-likeness (QED) is 0.756. The van der Waals surface area contributed by atoms with Crippen molar-refractivity contribution in [2.24, 2.45) is 0 Å². The fourth-order valence-electron chi connectivity index (χ4n) is 1.42. The predicted octanol–water partition coefficient (Wildman–Crippen LogP) is 1.33. The Labute approximate surface area is 108 Å². The van der Waals surface area contributed by atoms with E-state index < -0.39 is 12.1 Å². The number of aromatic nitrogens is 7. The summed E-state index contributed by atoms with van der Waals surface area (Å²) in [5.41, 5.74) is 0.605. The minimum absolute atomic E-state index is 0.200. The minimum Gasteiger partial charge on any atom is -0.329 e. The molecule has 20 heavy (non-hydrogen) atoms. The van der Waals surface area contributed by atoms with Gasteiger partial charge in [0.05, 0.1) is 0 Å². The molecule has 3 heterocycles. The average molecular weight is 283 g/mol. The van der Waals surface area contributed by atoms with Crippen LogP contribution >= 0.6 is 0 Å². The Morgan fingerprint density at radius 3 is 2.70 bits per heavy atom. The third kappa shape index (κ3) is 2.20. The zero-order chi connectivity index (χ0) is 14.2. The van der Waals surface area contributed by atoms with Gasteiger partial charge in [0.25, 0.3) is 0 Å². The highest BCUT2D eigenvalue weighted by Gasteiger charge is 2.38. The summed E-state index contributed by atoms with van der Waals surface area (Å²) in [6.45, 7) is 0. The van der Waals surface area contributed by atoms with Crippen LogP contribution in [0.2, 0.25) is 0 Å². The molecular weight excluding hydrogens is 279 g/mol. The van der Waals surface area contributed by atoms with E-state index in [1.807, 2.05) is 0 Å². The summed E-state index contributed by atoms with van der Waals surface area (Å²) in [4.78, 5) is 7.25. The van der Waals surface area contributed by atoms with Crippen molar-refractivity contribution < 1.29 is 17.7 Å². The number of pyridine rings is 1. The zero-order valence-electron chi connectivity index (χ0n) is 9.46. The van der Waals surface area contributed by atoms with Crippen molar-refractivity contribution >= 4 is 0 Å². The first-order valence-electron chi connectivity index (χ1n) is 5.15. The predicted molar refractivity (Wildman–Crippen MR) is 55.7 cm³/mol. The SMILES string of the molecule is FC(F)(F)c1nc(-c2ccnc(-c3nn[nH]n3)c2)no1. The van der Waals surface area contributed by atoms with E-state index in [2.05, 4.69) is 40.3 Å². The highest BCUT2D eigenvalue weighted by molar-refractivity contribution is 5.61. The Morgan fingerprint density at radius 2 is 2.05 bits per heavy atom. The first-order chi connectivity index (χ1) is 9.54. The molecule has 102 valence electrons. The number of tetrazole rings is 1. The van der Waals surface area contributed by atoms with Gasteiger partial charge in [0.2, 0.25) is 11.6 Å². The molecule has 3 aromatic heterocycles. The number of alkyl halides is 3. The lowest BCUT2D eigenvalue weighted by atomic mass is 10.2. The lowest BCUT2D eigenvalue weighted by molar-refractivity contribution is -0.159. The van der Waals surface area contributed by atoms with Gasteiger partial charge in [-0.1, -0.05) is 5.16 Å². The number of rotatable bonds is 2. The van der Waals surface area contributed by atoms with Gasteiger partial charge in [0.1, 0.15) is 5.69 Å². The fraction of sp³-hybridized carbons (Fsp3) is 0.111. The Kier molecular flexibility index (Phi) is 2.66. The van der Waals surface area contributed by atoms with E-state index in [1.54, 1.807) is 0 Å². The Hall–Kier alpha value is -2.85. The molecule has 0 saturated carbocycles. The minimum atomic E-state index is -4.69. The molecule has 0 atom stereocenters. The fourth-order valence-corrected chi connectivity index (χ4v) is 1.42. The number of hydrogen-bond acceptors (Lipinski definition) is 7. The molecule has 1 N–H and O–H groups in total. The normalized spacial score (nSPS) is 11.8. The number of nitrogens with zero attached hydrogens (tertiary/aromatic N) is 6. The van der Waals surface area contributed by atoms with Gasteiger partial charge in [-0.05, 0) is 17.3 Å². The molecule has 3 rings (SSSR count). The van der Waals surface area contributed by atoms with Gasteiger partial charge in [0, 0.05) is 11.8 Å². The maximum Gasteiger partial charge on any atom is 0.471 e. The molecule has 0 radical (unpaired) electrons. The topological polar surface area (TPSA) is 106 Å². The van der Waals surface area contributed by atoms with Crippen LogP contribution in [0.15, 0.2) is 22.9 Å². The van der Waals surface area contributed by atoms with Crippen LogP contribution in [0, 0.1) is 0 Å². The van der Waals surface area contributed by atoms with Crippen molar-refractivity contribution in [2.45, 2.75) is 6.18 Å². The molecule has 0 aliphatic carbocycles. The van der Waals surface area contributed by atoms with Gasteiger partial charge < -0.3 is 4.52 Å². The summed E-state index contributed by atoms with van der Waals surface area (Å²) in [5, 5.41) is 16.3. The molecule has 0 spiro atoms. The van der Waals surface area contributed by atoms with E-state index in [9.17, 15) is 13.2 Å². The number of hydrogen-bond donors (Lipinski definition) is 1. The van der Waals surface area contributed by atoms with Crippen molar-refractivity contribution in [3.63, 3.8) is 0 Å². The molecule has 0 aliphatic heterocycles. The van der Waals surface area contributed by atoms with Crippen LogP contribution < -0.4 is 0 Å². The van der Waals surface area contributed by atoms with Gasteiger partial charge >= 0.3 is 12.1 Å². The maximum absolute atomic E-state index is 12.4. The van der Waals surface area contributed by atoms with Crippen molar-refractivity contribution in [1.82, 2.24) is 35.7 Å². The number of halogens is 3. The Morgan fingerprint density at radius 1 is 1.20 bits per heavy atom. The highest BCUT2D eigenvalue weighted by Crippen LogP contribution is 2.29. The van der Waals surface area contributed by atoms with Crippen LogP contribution in [0.25, 0.3) is 22.9 Å². The highest BCUT2D eigenvalue weighted by atomic mass is 19.4. The van der Waals surface area contributed by atoms with Gasteiger partial charge in [0.15, 0.2) is 0 Å². The monoisotopic (exact) mass is 283 g/mol. The lowest BCUT2D eigenvalue weighted by Crippen LogP contribution is -2.04. The molecule has 0 unspecified atom stereocenters. The number of aromatic amines is 1. The third-order valence-corrected chi connectivity index (χ3v) is 2.26. The summed E-state index contributed by atoms with van der Waals surface area (Å²) in [6.07, 6.45) is -3.32. The molecular formula is C9H4F3N7O. The van der Waals surface area contributed by atoms with Crippen molar-refractivity contribution in [2.75, 3.05) is 0 Å². The van der Waals surface area contributed by atoms with Crippen LogP contribution in [-0.2, 0) is 6.18 Å². The Bertz CT molecular complexity index is 721. The summed E-state index contributed by atoms with van der Waals surface area (Å²) >= 11 is 0. The molecule has 11 heteroatoms. The van der Waals surface area contributed by atoms with Gasteiger partial charge in [-0.15, -0.1) is 10.2 Å². The summed E-state index contributed by atoms with van der Waals surface area (Å²) in [7, 11) is 0. The number of H-pyrrole nitrogens is 1. The van der Waals surface area contributed by atoms with Crippen LogP contribution in [0.3, 0.4) is 0 Å². The molecule has 0 amide bonds. The molecule has 0 bridgehead atoms. The second kappa shape index (κ2) is 4.36. The lowest BCUT2D eigenvalue weighted by Gasteiger charge is -1.97. The first kappa shape index (κ1) is 12.2. The van der Waals surface area contributed by atoms with Gasteiger partial charge in [-0.25, -0.2) is 0 Å². The molecule has 0 aliphatic rings. The van der Waals surface area contributed by atoms with E-state index in [0.29, 0.717) is 11.3 Å². The second-order valence-corrected chi connectivity index (χ2v) is 3.59. The van der Waals surface area contributed by atoms with E-state index >= 15 is 0 Å². The molecule has 8 nitrogen and oxygen atoms in total. The average Bonchev–Trinajstić information content (AvgIpc) is 3.10. The third-order valence-electron chi connectivity index (χ3n) is 2.26. The summed E-state index contributed by atoms with van der Waals surface area (Å²) in [5.74, 6) is -1.42. The second-order valence-electron chi connectivity index (χ2n) is 3.59. The van der Waals surface area contributed by atoms with Gasteiger partial charge in [-0.2, -0.15) is 23.4 Å². The van der Waals surface area contributed by atoms with E-state index in [0.717, 1.165) is 0 Å². The van der Waals surface area contributed by atoms with Crippen LogP contribution in [0.1, 0.15) is 5.89 Å². The van der Waals surface area contributed by atoms with E-state index in [1.165, 1.54) is 18.3 Å². The molecule has 3 aromatic rings. The van der Waals surface area contributed by atoms with Crippen molar-refractivity contribution in [3.8, 4) is 22.9 Å². The van der Waals surface area contributed by atoms with E-state index in [-0.39, 0.29) is 11.6 Å². The largest absolute Gasteiger partial charge is 0.471 e. The van der Waals surface area contributed by atoms with Gasteiger partial charge in [-0.3, -0.25) is 4.98 Å².